The number of methoxy groups -OCH3 is 1. The van der Waals surface area contributed by atoms with Crippen LogP contribution in [-0.2, 0) is 6.42 Å². The van der Waals surface area contributed by atoms with E-state index in [1.807, 2.05) is 24.3 Å². The maximum atomic E-state index is 14.3. The van der Waals surface area contributed by atoms with Gasteiger partial charge in [0, 0.05) is 12.3 Å². The average molecular weight is 350 g/mol. The molecule has 0 aliphatic heterocycles. The number of aromatic nitrogens is 2. The average Bonchev–Trinajstić information content (AvgIpc) is 2.99. The van der Waals surface area contributed by atoms with Crippen molar-refractivity contribution in [1.29, 1.82) is 0 Å². The summed E-state index contributed by atoms with van der Waals surface area (Å²) in [6.07, 6.45) is 1.01. The van der Waals surface area contributed by atoms with E-state index in [1.165, 1.54) is 6.07 Å². The number of fused-ring (bicyclic) bond motifs is 1. The molecule has 26 heavy (non-hydrogen) atoms. The van der Waals surface area contributed by atoms with Crippen molar-refractivity contribution in [1.82, 2.24) is 9.78 Å². The number of aryl methyl sites for hydroxylation is 1. The van der Waals surface area contributed by atoms with Gasteiger partial charge >= 0.3 is 0 Å². The fourth-order valence-corrected chi connectivity index (χ4v) is 3.80. The molecule has 1 heterocycles. The Labute approximate surface area is 151 Å². The molecule has 1 unspecified atom stereocenters. The topological polar surface area (TPSA) is 44.1 Å². The van der Waals surface area contributed by atoms with Gasteiger partial charge in [0.2, 0.25) is 0 Å². The number of carbonyl (C=O) groups excluding carboxylic acids is 1. The lowest BCUT2D eigenvalue weighted by Crippen LogP contribution is -2.21. The predicted octanol–water partition coefficient (Wildman–Crippen LogP) is 4.24. The van der Waals surface area contributed by atoms with Gasteiger partial charge in [-0.25, -0.2) is 9.07 Å². The molecular weight excluding hydrogens is 331 g/mol. The molecule has 132 valence electrons. The van der Waals surface area contributed by atoms with Crippen molar-refractivity contribution < 1.29 is 13.9 Å². The van der Waals surface area contributed by atoms with E-state index in [0.29, 0.717) is 29.8 Å². The van der Waals surface area contributed by atoms with Gasteiger partial charge < -0.3 is 4.74 Å². The second-order valence-electron chi connectivity index (χ2n) is 6.54. The second kappa shape index (κ2) is 6.41. The highest BCUT2D eigenvalue weighted by molar-refractivity contribution is 6.00. The first-order valence-electron chi connectivity index (χ1n) is 8.59. The zero-order valence-electron chi connectivity index (χ0n) is 14.7. The number of hydrogen-bond acceptors (Lipinski definition) is 3. The number of rotatable bonds is 3. The second-order valence-corrected chi connectivity index (χ2v) is 6.54. The first-order chi connectivity index (χ1) is 12.6. The van der Waals surface area contributed by atoms with E-state index >= 15 is 0 Å². The number of halogens is 1. The molecule has 0 amide bonds. The number of nitrogens with zero attached hydrogens (tertiary/aromatic N) is 2. The zero-order chi connectivity index (χ0) is 18.3. The van der Waals surface area contributed by atoms with Gasteiger partial charge in [0.1, 0.15) is 17.3 Å². The van der Waals surface area contributed by atoms with E-state index < -0.39 is 0 Å². The Morgan fingerprint density at radius 1 is 1.12 bits per heavy atom. The van der Waals surface area contributed by atoms with Crippen LogP contribution in [0, 0.1) is 12.7 Å². The summed E-state index contributed by atoms with van der Waals surface area (Å²) in [5, 5.41) is 4.47. The lowest BCUT2D eigenvalue weighted by molar-refractivity contribution is 0.0963. The van der Waals surface area contributed by atoms with Crippen LogP contribution in [0.3, 0.4) is 0 Å². The van der Waals surface area contributed by atoms with Crippen LogP contribution in [0.25, 0.3) is 5.69 Å². The molecule has 1 aliphatic carbocycles. The molecule has 0 saturated heterocycles. The minimum atomic E-state index is -0.357. The molecule has 0 radical (unpaired) electrons. The monoisotopic (exact) mass is 350 g/mol. The maximum absolute atomic E-state index is 14.3. The molecule has 4 nitrogen and oxygen atoms in total. The lowest BCUT2D eigenvalue weighted by Gasteiger charge is -2.24. The summed E-state index contributed by atoms with van der Waals surface area (Å²) < 4.78 is 21.4. The molecular formula is C21H19FN2O2. The minimum absolute atomic E-state index is 0.0206. The molecule has 0 bridgehead atoms. The highest BCUT2D eigenvalue weighted by Gasteiger charge is 2.33. The Balaban J connectivity index is 1.83. The predicted molar refractivity (Wildman–Crippen MR) is 96.6 cm³/mol. The third-order valence-corrected chi connectivity index (χ3v) is 4.97. The van der Waals surface area contributed by atoms with E-state index in [2.05, 4.69) is 5.10 Å². The van der Waals surface area contributed by atoms with Crippen LogP contribution >= 0.6 is 0 Å². The first kappa shape index (κ1) is 16.5. The van der Waals surface area contributed by atoms with E-state index in [0.717, 1.165) is 17.0 Å². The van der Waals surface area contributed by atoms with Crippen LogP contribution < -0.4 is 4.74 Å². The Bertz CT molecular complexity index is 993. The fourth-order valence-electron chi connectivity index (χ4n) is 3.80. The summed E-state index contributed by atoms with van der Waals surface area (Å²) in [6, 6.07) is 14.2. The fraction of sp³-hybridized carbons (Fsp3) is 0.238. The number of benzene rings is 2. The summed E-state index contributed by atoms with van der Waals surface area (Å²) >= 11 is 0. The van der Waals surface area contributed by atoms with Crippen LogP contribution in [0.5, 0.6) is 5.75 Å². The van der Waals surface area contributed by atoms with Crippen molar-refractivity contribution in [3.63, 3.8) is 0 Å². The minimum Gasteiger partial charge on any atom is -0.496 e. The highest BCUT2D eigenvalue weighted by atomic mass is 19.1. The van der Waals surface area contributed by atoms with Crippen LogP contribution in [0.2, 0.25) is 0 Å². The van der Waals surface area contributed by atoms with Gasteiger partial charge in [0.15, 0.2) is 5.78 Å². The lowest BCUT2D eigenvalue weighted by atomic mass is 9.81. The van der Waals surface area contributed by atoms with Gasteiger partial charge in [-0.2, -0.15) is 5.10 Å². The summed E-state index contributed by atoms with van der Waals surface area (Å²) in [7, 11) is 1.63. The van der Waals surface area contributed by atoms with Crippen LogP contribution in [0.1, 0.15) is 39.6 Å². The van der Waals surface area contributed by atoms with Gasteiger partial charge in [-0.3, -0.25) is 4.79 Å². The molecule has 4 rings (SSSR count). The van der Waals surface area contributed by atoms with Crippen LogP contribution in [0.4, 0.5) is 4.39 Å². The van der Waals surface area contributed by atoms with Gasteiger partial charge in [0.05, 0.1) is 24.1 Å². The summed E-state index contributed by atoms with van der Waals surface area (Å²) in [6.45, 7) is 1.80. The molecule has 0 saturated carbocycles. The van der Waals surface area contributed by atoms with Crippen molar-refractivity contribution >= 4 is 5.78 Å². The van der Waals surface area contributed by atoms with Gasteiger partial charge in [-0.15, -0.1) is 0 Å². The smallest absolute Gasteiger partial charge is 0.167 e. The number of ketones is 1. The van der Waals surface area contributed by atoms with Crippen LogP contribution in [0.15, 0.2) is 48.5 Å². The highest BCUT2D eigenvalue weighted by Crippen LogP contribution is 2.38. The molecule has 0 N–H and O–H groups in total. The van der Waals surface area contributed by atoms with Gasteiger partial charge in [-0.1, -0.05) is 30.3 Å². The molecule has 3 aromatic rings. The van der Waals surface area contributed by atoms with Crippen molar-refractivity contribution in [3.8, 4) is 11.4 Å². The van der Waals surface area contributed by atoms with Crippen molar-refractivity contribution in [2.75, 3.05) is 7.11 Å². The molecule has 1 atom stereocenters. The Morgan fingerprint density at radius 3 is 2.62 bits per heavy atom. The number of para-hydroxylation sites is 2. The van der Waals surface area contributed by atoms with E-state index in [4.69, 9.17) is 4.74 Å². The van der Waals surface area contributed by atoms with Gasteiger partial charge in [-0.05, 0) is 37.1 Å². The normalized spacial score (nSPS) is 16.4. The van der Waals surface area contributed by atoms with E-state index in [-0.39, 0.29) is 17.5 Å². The van der Waals surface area contributed by atoms with Crippen molar-refractivity contribution in [2.24, 2.45) is 0 Å². The third kappa shape index (κ3) is 2.60. The summed E-state index contributed by atoms with van der Waals surface area (Å²) in [4.78, 5) is 12.8. The van der Waals surface area contributed by atoms with Crippen molar-refractivity contribution in [2.45, 2.75) is 25.7 Å². The van der Waals surface area contributed by atoms with Crippen LogP contribution in [-0.4, -0.2) is 22.7 Å². The van der Waals surface area contributed by atoms with Crippen molar-refractivity contribution in [3.05, 3.63) is 76.9 Å². The van der Waals surface area contributed by atoms with Gasteiger partial charge in [0.25, 0.3) is 0 Å². The number of ether oxygens (including phenoxy) is 1. The maximum Gasteiger partial charge on any atom is 0.167 e. The molecule has 1 aromatic heterocycles. The summed E-state index contributed by atoms with van der Waals surface area (Å²) in [5.41, 5.74) is 3.39. The Hall–Kier alpha value is -2.95. The SMILES string of the molecule is COc1ccccc1C1CC(=O)c2c(C)nn(-c3ccccc3F)c2C1. The zero-order valence-corrected chi connectivity index (χ0v) is 14.7. The van der Waals surface area contributed by atoms with E-state index in [1.54, 1.807) is 36.9 Å². The standard InChI is InChI=1S/C21H19FN2O2/c1-13-21-18(24(23-13)17-9-5-4-8-16(17)22)11-14(12-19(21)25)15-7-3-6-10-20(15)26-2/h3-10,14H,11-12H2,1-2H3. The Kier molecular flexibility index (Phi) is 4.07. The largest absolute Gasteiger partial charge is 0.496 e. The molecule has 1 aliphatic rings. The van der Waals surface area contributed by atoms with E-state index in [9.17, 15) is 9.18 Å². The number of hydrogen-bond donors (Lipinski definition) is 0. The molecule has 2 aromatic carbocycles. The number of Topliss-reactive ketones (excluding diaryl/α,β-unsaturated/α-hetero) is 1. The molecule has 0 fully saturated rings. The quantitative estimate of drug-likeness (QED) is 0.710. The molecule has 5 heteroatoms. The Morgan fingerprint density at radius 2 is 1.85 bits per heavy atom. The molecule has 0 spiro atoms. The first-order valence-corrected chi connectivity index (χ1v) is 8.59. The number of carbonyl (C=O) groups is 1. The third-order valence-electron chi connectivity index (χ3n) is 4.97. The summed E-state index contributed by atoms with van der Waals surface area (Å²) in [5.74, 6) is 0.433.